The quantitative estimate of drug-likeness (QED) is 0.886. The fraction of sp³-hybridized carbons (Fsp3) is 0.353. The third-order valence-electron chi connectivity index (χ3n) is 3.09. The Kier molecular flexibility index (Phi) is 4.58. The van der Waals surface area contributed by atoms with Crippen LogP contribution in [0.4, 0.5) is 15.9 Å². The van der Waals surface area contributed by atoms with Crippen LogP contribution in [-0.2, 0) is 6.54 Å². The van der Waals surface area contributed by atoms with Crippen molar-refractivity contribution in [1.82, 2.24) is 10.3 Å². The first kappa shape index (κ1) is 15.4. The maximum atomic E-state index is 14.4. The van der Waals surface area contributed by atoms with Crippen molar-refractivity contribution < 1.29 is 4.39 Å². The first-order valence-corrected chi connectivity index (χ1v) is 7.07. The van der Waals surface area contributed by atoms with Crippen LogP contribution in [-0.4, -0.2) is 10.5 Å². The molecule has 1 aromatic carbocycles. The SMILES string of the molecule is Cc1ccc(Nc2nccc(CNC(C)(C)C)c2F)cc1. The van der Waals surface area contributed by atoms with E-state index in [0.717, 1.165) is 11.3 Å². The number of aromatic nitrogens is 1. The van der Waals surface area contributed by atoms with Crippen LogP contribution in [0.2, 0.25) is 0 Å². The molecule has 1 aromatic heterocycles. The summed E-state index contributed by atoms with van der Waals surface area (Å²) in [5.41, 5.74) is 2.54. The average molecular weight is 287 g/mol. The zero-order chi connectivity index (χ0) is 15.5. The van der Waals surface area contributed by atoms with Gasteiger partial charge in [-0.05, 0) is 45.9 Å². The van der Waals surface area contributed by atoms with Crippen molar-refractivity contribution in [3.63, 3.8) is 0 Å². The van der Waals surface area contributed by atoms with E-state index in [1.54, 1.807) is 12.3 Å². The fourth-order valence-electron chi connectivity index (χ4n) is 1.84. The molecule has 2 rings (SSSR count). The van der Waals surface area contributed by atoms with E-state index in [1.165, 1.54) is 0 Å². The molecular weight excluding hydrogens is 265 g/mol. The third kappa shape index (κ3) is 4.53. The third-order valence-corrected chi connectivity index (χ3v) is 3.09. The fourth-order valence-corrected chi connectivity index (χ4v) is 1.84. The molecule has 0 saturated heterocycles. The Morgan fingerprint density at radius 1 is 1.10 bits per heavy atom. The van der Waals surface area contributed by atoms with Gasteiger partial charge in [0.05, 0.1) is 0 Å². The molecular formula is C17H22FN3. The smallest absolute Gasteiger partial charge is 0.170 e. The monoisotopic (exact) mass is 287 g/mol. The highest BCUT2D eigenvalue weighted by molar-refractivity contribution is 5.57. The van der Waals surface area contributed by atoms with Crippen molar-refractivity contribution >= 4 is 11.5 Å². The van der Waals surface area contributed by atoms with Gasteiger partial charge in [0.25, 0.3) is 0 Å². The van der Waals surface area contributed by atoms with Gasteiger partial charge >= 0.3 is 0 Å². The van der Waals surface area contributed by atoms with Crippen molar-refractivity contribution in [2.75, 3.05) is 5.32 Å². The standard InChI is InChI=1S/C17H22FN3/c1-12-5-7-14(8-6-12)21-16-15(18)13(9-10-19-16)11-20-17(2,3)4/h5-10,20H,11H2,1-4H3,(H,19,21). The van der Waals surface area contributed by atoms with Crippen LogP contribution in [0.3, 0.4) is 0 Å². The molecule has 3 nitrogen and oxygen atoms in total. The van der Waals surface area contributed by atoms with E-state index in [4.69, 9.17) is 0 Å². The number of benzene rings is 1. The predicted octanol–water partition coefficient (Wildman–Crippen LogP) is 4.16. The first-order chi connectivity index (χ1) is 9.85. The van der Waals surface area contributed by atoms with E-state index in [2.05, 4.69) is 36.4 Å². The lowest BCUT2D eigenvalue weighted by Crippen LogP contribution is -2.35. The summed E-state index contributed by atoms with van der Waals surface area (Å²) in [7, 11) is 0. The van der Waals surface area contributed by atoms with E-state index in [1.807, 2.05) is 31.2 Å². The summed E-state index contributed by atoms with van der Waals surface area (Å²) in [6, 6.07) is 9.48. The lowest BCUT2D eigenvalue weighted by molar-refractivity contribution is 0.418. The van der Waals surface area contributed by atoms with Gasteiger partial charge < -0.3 is 10.6 Å². The summed E-state index contributed by atoms with van der Waals surface area (Å²) in [5.74, 6) is -0.0538. The van der Waals surface area contributed by atoms with Crippen molar-refractivity contribution in [1.29, 1.82) is 0 Å². The number of nitrogens with zero attached hydrogens (tertiary/aromatic N) is 1. The van der Waals surface area contributed by atoms with E-state index in [-0.39, 0.29) is 17.2 Å². The second-order valence-electron chi connectivity index (χ2n) is 6.23. The van der Waals surface area contributed by atoms with Crippen LogP contribution in [0.15, 0.2) is 36.5 Å². The number of hydrogen-bond acceptors (Lipinski definition) is 3. The minimum atomic E-state index is -0.310. The molecule has 0 aliphatic heterocycles. The van der Waals surface area contributed by atoms with E-state index in [0.29, 0.717) is 12.1 Å². The summed E-state index contributed by atoms with van der Waals surface area (Å²) in [6.45, 7) is 8.65. The minimum Gasteiger partial charge on any atom is -0.338 e. The molecule has 0 spiro atoms. The predicted molar refractivity (Wildman–Crippen MR) is 85.2 cm³/mol. The van der Waals surface area contributed by atoms with Gasteiger partial charge in [-0.15, -0.1) is 0 Å². The molecule has 0 bridgehead atoms. The van der Waals surface area contributed by atoms with Crippen molar-refractivity contribution in [2.24, 2.45) is 0 Å². The molecule has 0 fully saturated rings. The van der Waals surface area contributed by atoms with Gasteiger partial charge in [0.1, 0.15) is 0 Å². The first-order valence-electron chi connectivity index (χ1n) is 7.07. The number of anilines is 2. The molecule has 4 heteroatoms. The number of rotatable bonds is 4. The molecule has 0 aliphatic rings. The van der Waals surface area contributed by atoms with E-state index in [9.17, 15) is 4.39 Å². The normalized spacial score (nSPS) is 11.5. The van der Waals surface area contributed by atoms with Crippen molar-refractivity contribution in [2.45, 2.75) is 39.8 Å². The highest BCUT2D eigenvalue weighted by Crippen LogP contribution is 2.20. The van der Waals surface area contributed by atoms with Crippen LogP contribution < -0.4 is 10.6 Å². The van der Waals surface area contributed by atoms with Gasteiger partial charge in [0, 0.05) is 29.5 Å². The molecule has 21 heavy (non-hydrogen) atoms. The zero-order valence-electron chi connectivity index (χ0n) is 13.0. The second kappa shape index (κ2) is 6.22. The Morgan fingerprint density at radius 3 is 2.38 bits per heavy atom. The van der Waals surface area contributed by atoms with Crippen LogP contribution in [0.25, 0.3) is 0 Å². The Bertz CT molecular complexity index is 600. The van der Waals surface area contributed by atoms with Crippen molar-refractivity contribution in [3.8, 4) is 0 Å². The molecule has 2 N–H and O–H groups in total. The van der Waals surface area contributed by atoms with Gasteiger partial charge in [-0.25, -0.2) is 9.37 Å². The number of aryl methyl sites for hydroxylation is 1. The summed E-state index contributed by atoms with van der Waals surface area (Å²) in [6.07, 6.45) is 1.62. The molecule has 0 radical (unpaired) electrons. The number of nitrogens with one attached hydrogen (secondary N) is 2. The van der Waals surface area contributed by atoms with E-state index >= 15 is 0 Å². The van der Waals surface area contributed by atoms with Crippen molar-refractivity contribution in [3.05, 3.63) is 53.5 Å². The van der Waals surface area contributed by atoms with Gasteiger partial charge in [-0.3, -0.25) is 0 Å². The van der Waals surface area contributed by atoms with Gasteiger partial charge in [0.15, 0.2) is 11.6 Å². The van der Waals surface area contributed by atoms with Gasteiger partial charge in [-0.2, -0.15) is 0 Å². The molecule has 0 amide bonds. The number of hydrogen-bond donors (Lipinski definition) is 2. The summed E-state index contributed by atoms with van der Waals surface area (Å²) >= 11 is 0. The molecule has 0 aliphatic carbocycles. The molecule has 112 valence electrons. The lowest BCUT2D eigenvalue weighted by atomic mass is 10.1. The summed E-state index contributed by atoms with van der Waals surface area (Å²) in [4.78, 5) is 4.09. The molecule has 0 atom stereocenters. The van der Waals surface area contributed by atoms with Gasteiger partial charge in [0.2, 0.25) is 0 Å². The zero-order valence-corrected chi connectivity index (χ0v) is 13.0. The maximum absolute atomic E-state index is 14.4. The Labute approximate surface area is 125 Å². The largest absolute Gasteiger partial charge is 0.338 e. The van der Waals surface area contributed by atoms with E-state index < -0.39 is 0 Å². The maximum Gasteiger partial charge on any atom is 0.170 e. The number of pyridine rings is 1. The highest BCUT2D eigenvalue weighted by atomic mass is 19.1. The molecule has 1 heterocycles. The Hall–Kier alpha value is -1.94. The lowest BCUT2D eigenvalue weighted by Gasteiger charge is -2.21. The Balaban J connectivity index is 2.15. The summed E-state index contributed by atoms with van der Waals surface area (Å²) in [5, 5.41) is 6.31. The van der Waals surface area contributed by atoms with Crippen LogP contribution in [0, 0.1) is 12.7 Å². The van der Waals surface area contributed by atoms with Gasteiger partial charge in [-0.1, -0.05) is 17.7 Å². The average Bonchev–Trinajstić information content (AvgIpc) is 2.41. The Morgan fingerprint density at radius 2 is 1.76 bits per heavy atom. The highest BCUT2D eigenvalue weighted by Gasteiger charge is 2.13. The van der Waals surface area contributed by atoms with Crippen LogP contribution in [0.1, 0.15) is 31.9 Å². The molecule has 0 saturated carbocycles. The second-order valence-corrected chi connectivity index (χ2v) is 6.23. The van der Waals surface area contributed by atoms with Crippen LogP contribution in [0.5, 0.6) is 0 Å². The minimum absolute atomic E-state index is 0.0553. The number of halogens is 1. The molecule has 2 aromatic rings. The summed E-state index contributed by atoms with van der Waals surface area (Å²) < 4.78 is 14.4. The van der Waals surface area contributed by atoms with Crippen LogP contribution >= 0.6 is 0 Å². The topological polar surface area (TPSA) is 37.0 Å². The molecule has 0 unspecified atom stereocenters.